The second kappa shape index (κ2) is 10.2. The Bertz CT molecular complexity index is 1040. The number of hydrogen-bond donors (Lipinski definition) is 0. The number of carbonyl (C=O) groups excluding carboxylic acids is 3. The summed E-state index contributed by atoms with van der Waals surface area (Å²) in [6.07, 6.45) is -4.51. The van der Waals surface area contributed by atoms with E-state index in [2.05, 4.69) is 0 Å². The maximum atomic E-state index is 13.2. The van der Waals surface area contributed by atoms with Crippen molar-refractivity contribution in [3.8, 4) is 0 Å². The first-order valence-electron chi connectivity index (χ1n) is 10.6. The van der Waals surface area contributed by atoms with Gasteiger partial charge in [0.05, 0.1) is 18.7 Å². The minimum atomic E-state index is -4.51. The molecule has 6 nitrogen and oxygen atoms in total. The van der Waals surface area contributed by atoms with Crippen molar-refractivity contribution in [2.24, 2.45) is 13.0 Å². The third-order valence-corrected chi connectivity index (χ3v) is 5.34. The highest BCUT2D eigenvalue weighted by Gasteiger charge is 2.31. The molecule has 0 atom stereocenters. The average Bonchev–Trinajstić information content (AvgIpc) is 2.94. The van der Waals surface area contributed by atoms with Crippen molar-refractivity contribution in [3.63, 3.8) is 0 Å². The SMILES string of the molecule is CCOC(=O)c1c(C)c(C(=O)CN(CC(C)C)C(=O)c2ccc(C(F)(F)F)cc2)c(C)n1C. The lowest BCUT2D eigenvalue weighted by molar-refractivity contribution is -0.137. The summed E-state index contributed by atoms with van der Waals surface area (Å²) < 4.78 is 45.2. The third kappa shape index (κ3) is 5.83. The van der Waals surface area contributed by atoms with Crippen molar-refractivity contribution < 1.29 is 32.3 Å². The fourth-order valence-corrected chi connectivity index (χ4v) is 3.77. The van der Waals surface area contributed by atoms with Crippen molar-refractivity contribution in [2.45, 2.75) is 40.8 Å². The van der Waals surface area contributed by atoms with Crippen LogP contribution in [0.15, 0.2) is 24.3 Å². The summed E-state index contributed by atoms with van der Waals surface area (Å²) in [6, 6.07) is 3.92. The Balaban J connectivity index is 2.36. The summed E-state index contributed by atoms with van der Waals surface area (Å²) in [6.45, 7) is 8.93. The summed E-state index contributed by atoms with van der Waals surface area (Å²) in [5.41, 5.74) is 0.825. The Morgan fingerprint density at radius 3 is 2.15 bits per heavy atom. The molecule has 0 aliphatic carbocycles. The second-order valence-corrected chi connectivity index (χ2v) is 8.29. The number of esters is 1. The Kier molecular flexibility index (Phi) is 8.11. The van der Waals surface area contributed by atoms with E-state index in [1.807, 2.05) is 13.8 Å². The normalized spacial score (nSPS) is 11.6. The number of ether oxygens (including phenoxy) is 1. The number of halogens is 3. The van der Waals surface area contributed by atoms with Crippen LogP contribution in [0.5, 0.6) is 0 Å². The summed E-state index contributed by atoms with van der Waals surface area (Å²) in [4.78, 5) is 40.0. The maximum Gasteiger partial charge on any atom is 0.416 e. The van der Waals surface area contributed by atoms with Crippen molar-refractivity contribution in [1.82, 2.24) is 9.47 Å². The predicted octanol–water partition coefficient (Wildman–Crippen LogP) is 4.82. The van der Waals surface area contributed by atoms with Gasteiger partial charge in [-0.3, -0.25) is 9.59 Å². The second-order valence-electron chi connectivity index (χ2n) is 8.29. The highest BCUT2D eigenvalue weighted by atomic mass is 19.4. The highest BCUT2D eigenvalue weighted by molar-refractivity contribution is 6.06. The van der Waals surface area contributed by atoms with Crippen LogP contribution in [0, 0.1) is 19.8 Å². The Morgan fingerprint density at radius 2 is 1.67 bits per heavy atom. The van der Waals surface area contributed by atoms with Crippen LogP contribution in [0.3, 0.4) is 0 Å². The third-order valence-electron chi connectivity index (χ3n) is 5.34. The van der Waals surface area contributed by atoms with Crippen molar-refractivity contribution in [1.29, 1.82) is 0 Å². The lowest BCUT2D eigenvalue weighted by atomic mass is 10.0. The zero-order valence-corrected chi connectivity index (χ0v) is 19.7. The number of nitrogens with zero attached hydrogens (tertiary/aromatic N) is 2. The molecule has 0 fully saturated rings. The van der Waals surface area contributed by atoms with E-state index in [4.69, 9.17) is 4.74 Å². The van der Waals surface area contributed by atoms with Gasteiger partial charge in [0.15, 0.2) is 5.78 Å². The van der Waals surface area contributed by atoms with Gasteiger partial charge < -0.3 is 14.2 Å². The fourth-order valence-electron chi connectivity index (χ4n) is 3.77. The van der Waals surface area contributed by atoms with Crippen LogP contribution in [0.2, 0.25) is 0 Å². The van der Waals surface area contributed by atoms with Crippen LogP contribution >= 0.6 is 0 Å². The number of benzene rings is 1. The van der Waals surface area contributed by atoms with Crippen LogP contribution in [-0.4, -0.2) is 46.8 Å². The summed E-state index contributed by atoms with van der Waals surface area (Å²) in [5, 5.41) is 0. The average molecular weight is 467 g/mol. The lowest BCUT2D eigenvalue weighted by Crippen LogP contribution is -2.38. The molecule has 1 aromatic carbocycles. The number of rotatable bonds is 8. The van der Waals surface area contributed by atoms with Gasteiger partial charge in [0.25, 0.3) is 5.91 Å². The van der Waals surface area contributed by atoms with E-state index in [9.17, 15) is 27.6 Å². The minimum Gasteiger partial charge on any atom is -0.461 e. The van der Waals surface area contributed by atoms with Gasteiger partial charge in [-0.1, -0.05) is 13.8 Å². The van der Waals surface area contributed by atoms with Crippen molar-refractivity contribution in [2.75, 3.05) is 19.7 Å². The molecule has 2 rings (SSSR count). The van der Waals surface area contributed by atoms with E-state index in [1.165, 1.54) is 4.90 Å². The molecule has 1 aromatic heterocycles. The van der Waals surface area contributed by atoms with E-state index >= 15 is 0 Å². The summed E-state index contributed by atoms with van der Waals surface area (Å²) in [7, 11) is 1.66. The number of alkyl halides is 3. The first kappa shape index (κ1) is 26.2. The van der Waals surface area contributed by atoms with E-state index in [0.29, 0.717) is 16.8 Å². The first-order chi connectivity index (χ1) is 15.3. The number of Topliss-reactive ketones (excluding diaryl/α,β-unsaturated/α-hetero) is 1. The molecular formula is C24H29F3N2O4. The standard InChI is InChI=1S/C24H29F3N2O4/c1-7-33-23(32)21-15(4)20(16(5)28(21)6)19(30)13-29(12-14(2)3)22(31)17-8-10-18(11-9-17)24(25,26)27/h8-11,14H,7,12-13H2,1-6H3. The molecule has 0 radical (unpaired) electrons. The van der Waals surface area contributed by atoms with Gasteiger partial charge in [0, 0.05) is 30.4 Å². The predicted molar refractivity (Wildman–Crippen MR) is 117 cm³/mol. The molecule has 0 spiro atoms. The zero-order valence-electron chi connectivity index (χ0n) is 19.7. The van der Waals surface area contributed by atoms with E-state index < -0.39 is 23.6 Å². The quantitative estimate of drug-likeness (QED) is 0.413. The zero-order chi connectivity index (χ0) is 25.1. The molecule has 0 aliphatic heterocycles. The molecule has 33 heavy (non-hydrogen) atoms. The van der Waals surface area contributed by atoms with E-state index in [0.717, 1.165) is 24.3 Å². The fraction of sp³-hybridized carbons (Fsp3) is 0.458. The smallest absolute Gasteiger partial charge is 0.416 e. The van der Waals surface area contributed by atoms with Gasteiger partial charge in [0.2, 0.25) is 0 Å². The van der Waals surface area contributed by atoms with Gasteiger partial charge in [-0.25, -0.2) is 4.79 Å². The summed E-state index contributed by atoms with van der Waals surface area (Å²) in [5.74, 6) is -1.43. The Morgan fingerprint density at radius 1 is 1.09 bits per heavy atom. The number of hydrogen-bond acceptors (Lipinski definition) is 4. The number of amides is 1. The largest absolute Gasteiger partial charge is 0.461 e. The van der Waals surface area contributed by atoms with Gasteiger partial charge in [-0.2, -0.15) is 13.2 Å². The van der Waals surface area contributed by atoms with Crippen molar-refractivity contribution in [3.05, 3.63) is 57.9 Å². The molecule has 0 saturated carbocycles. The van der Waals surface area contributed by atoms with Crippen LogP contribution < -0.4 is 0 Å². The Labute approximate surface area is 191 Å². The van der Waals surface area contributed by atoms with Crippen LogP contribution in [0.25, 0.3) is 0 Å². The highest BCUT2D eigenvalue weighted by Crippen LogP contribution is 2.29. The number of carbonyl (C=O) groups is 3. The lowest BCUT2D eigenvalue weighted by Gasteiger charge is -2.24. The monoisotopic (exact) mass is 466 g/mol. The molecule has 2 aromatic rings. The van der Waals surface area contributed by atoms with E-state index in [1.54, 1.807) is 32.4 Å². The van der Waals surface area contributed by atoms with Gasteiger partial charge in [-0.05, 0) is 56.5 Å². The van der Waals surface area contributed by atoms with Gasteiger partial charge in [-0.15, -0.1) is 0 Å². The van der Waals surface area contributed by atoms with Gasteiger partial charge >= 0.3 is 12.1 Å². The minimum absolute atomic E-state index is 0.0178. The number of ketones is 1. The topological polar surface area (TPSA) is 68.6 Å². The number of aromatic nitrogens is 1. The first-order valence-corrected chi connectivity index (χ1v) is 10.6. The van der Waals surface area contributed by atoms with Crippen LogP contribution in [-0.2, 0) is 18.0 Å². The Hall–Kier alpha value is -3.10. The molecule has 1 amide bonds. The molecular weight excluding hydrogens is 437 g/mol. The molecule has 0 bridgehead atoms. The van der Waals surface area contributed by atoms with E-state index in [-0.39, 0.29) is 42.7 Å². The molecule has 0 N–H and O–H groups in total. The molecule has 0 saturated heterocycles. The maximum absolute atomic E-state index is 13.2. The molecule has 0 unspecified atom stereocenters. The summed E-state index contributed by atoms with van der Waals surface area (Å²) >= 11 is 0. The van der Waals surface area contributed by atoms with Gasteiger partial charge in [0.1, 0.15) is 5.69 Å². The van der Waals surface area contributed by atoms with Crippen LogP contribution in [0.1, 0.15) is 68.8 Å². The van der Waals surface area contributed by atoms with Crippen molar-refractivity contribution >= 4 is 17.7 Å². The van der Waals surface area contributed by atoms with Crippen LogP contribution in [0.4, 0.5) is 13.2 Å². The molecule has 1 heterocycles. The molecule has 180 valence electrons. The molecule has 9 heteroatoms. The molecule has 0 aliphatic rings.